The maximum Gasteiger partial charge on any atom is 0.407 e. The number of hydrogen-bond acceptors (Lipinski definition) is 4. The first-order valence-electron chi connectivity index (χ1n) is 16.3. The Bertz CT molecular complexity index is 961. The smallest absolute Gasteiger partial charge is 0.407 e. The molecule has 5 nitrogen and oxygen atoms in total. The topological polar surface area (TPSA) is 67.8 Å². The van der Waals surface area contributed by atoms with Gasteiger partial charge in [-0.1, -0.05) is 139 Å². The van der Waals surface area contributed by atoms with Gasteiger partial charge in [0.05, 0.1) is 12.1 Å². The summed E-state index contributed by atoms with van der Waals surface area (Å²) in [7, 11) is -2.42. The van der Waals surface area contributed by atoms with E-state index in [4.69, 9.17) is 9.16 Å². The number of ether oxygens (including phenoxy) is 1. The van der Waals surface area contributed by atoms with Crippen LogP contribution in [0.1, 0.15) is 119 Å². The number of carbonyl (C=O) groups is 1. The lowest BCUT2D eigenvalue weighted by Gasteiger charge is -2.43. The minimum atomic E-state index is -2.42. The van der Waals surface area contributed by atoms with Gasteiger partial charge in [0, 0.05) is 6.61 Å². The number of alkyl carbamates (subject to hydrolysis) is 1. The van der Waals surface area contributed by atoms with Gasteiger partial charge in [-0.15, -0.1) is 0 Å². The zero-order chi connectivity index (χ0) is 31.1. The second-order valence-corrected chi connectivity index (χ2v) is 18.1. The van der Waals surface area contributed by atoms with Crippen LogP contribution in [0.15, 0.2) is 60.7 Å². The molecule has 0 spiro atoms. The Morgan fingerprint density at radius 1 is 0.738 bits per heavy atom. The van der Waals surface area contributed by atoms with Crippen molar-refractivity contribution in [3.63, 3.8) is 0 Å². The third-order valence-electron chi connectivity index (χ3n) is 7.95. The summed E-state index contributed by atoms with van der Waals surface area (Å²) in [5, 5.41) is 15.8. The molecule has 0 saturated heterocycles. The molecule has 2 aromatic rings. The maximum absolute atomic E-state index is 11.9. The highest BCUT2D eigenvalue weighted by Crippen LogP contribution is 2.36. The number of hydrogen-bond donors (Lipinski definition) is 2. The Morgan fingerprint density at radius 3 is 1.60 bits per heavy atom. The van der Waals surface area contributed by atoms with Gasteiger partial charge in [-0.25, -0.2) is 4.79 Å². The van der Waals surface area contributed by atoms with Gasteiger partial charge >= 0.3 is 6.09 Å². The van der Waals surface area contributed by atoms with Crippen molar-refractivity contribution in [2.24, 2.45) is 0 Å². The van der Waals surface area contributed by atoms with Crippen molar-refractivity contribution >= 4 is 24.8 Å². The van der Waals surface area contributed by atoms with Crippen LogP contribution in [0.25, 0.3) is 0 Å². The van der Waals surface area contributed by atoms with Crippen molar-refractivity contribution in [3.05, 3.63) is 60.7 Å². The summed E-state index contributed by atoms with van der Waals surface area (Å²) >= 11 is 0. The number of aliphatic hydroxyl groups excluding tert-OH is 1. The van der Waals surface area contributed by atoms with Gasteiger partial charge in [0.2, 0.25) is 0 Å². The monoisotopic (exact) mass is 597 g/mol. The molecule has 6 heteroatoms. The second kappa shape index (κ2) is 17.8. The molecule has 0 aromatic heterocycles. The van der Waals surface area contributed by atoms with E-state index < -0.39 is 26.1 Å². The molecule has 0 aliphatic carbocycles. The predicted octanol–water partition coefficient (Wildman–Crippen LogP) is 8.13. The van der Waals surface area contributed by atoms with Crippen molar-refractivity contribution in [1.82, 2.24) is 5.32 Å². The van der Waals surface area contributed by atoms with E-state index >= 15 is 0 Å². The van der Waals surface area contributed by atoms with Crippen LogP contribution in [-0.4, -0.2) is 43.9 Å². The Labute approximate surface area is 257 Å². The van der Waals surface area contributed by atoms with Crippen LogP contribution in [0.4, 0.5) is 4.79 Å². The second-order valence-electron chi connectivity index (χ2n) is 13.8. The minimum Gasteiger partial charge on any atom is -0.444 e. The summed E-state index contributed by atoms with van der Waals surface area (Å²) in [5.74, 6) is 0. The zero-order valence-corrected chi connectivity index (χ0v) is 28.6. The number of benzene rings is 2. The Hall–Kier alpha value is -2.15. The van der Waals surface area contributed by atoms with E-state index in [0.717, 1.165) is 25.9 Å². The number of nitrogens with one attached hydrogen (secondary N) is 1. The van der Waals surface area contributed by atoms with Gasteiger partial charge in [-0.3, -0.25) is 0 Å². The van der Waals surface area contributed by atoms with Crippen molar-refractivity contribution in [1.29, 1.82) is 0 Å². The van der Waals surface area contributed by atoms with E-state index in [0.29, 0.717) is 6.42 Å². The van der Waals surface area contributed by atoms with Crippen LogP contribution < -0.4 is 15.7 Å². The fourth-order valence-corrected chi connectivity index (χ4v) is 10.3. The molecule has 0 saturated carbocycles. The Balaban J connectivity index is 1.61. The van der Waals surface area contributed by atoms with Crippen molar-refractivity contribution in [3.8, 4) is 0 Å². The fraction of sp³-hybridized carbons (Fsp3) is 0.639. The van der Waals surface area contributed by atoms with E-state index in [1.807, 2.05) is 27.7 Å². The molecule has 42 heavy (non-hydrogen) atoms. The first-order valence-corrected chi connectivity index (χ1v) is 18.2. The quantitative estimate of drug-likeness (QED) is 0.134. The largest absolute Gasteiger partial charge is 0.444 e. The lowest BCUT2D eigenvalue weighted by molar-refractivity contribution is 0.0426. The molecule has 0 radical (unpaired) electrons. The highest BCUT2D eigenvalue weighted by atomic mass is 28.4. The molecule has 2 aromatic carbocycles. The van der Waals surface area contributed by atoms with Gasteiger partial charge in [0.15, 0.2) is 0 Å². The summed E-state index contributed by atoms with van der Waals surface area (Å²) < 4.78 is 12.3. The lowest BCUT2D eigenvalue weighted by Crippen LogP contribution is -2.66. The first-order chi connectivity index (χ1) is 19.9. The molecule has 0 fully saturated rings. The summed E-state index contributed by atoms with van der Waals surface area (Å²) in [5.41, 5.74) is -0.533. The van der Waals surface area contributed by atoms with Crippen LogP contribution >= 0.6 is 0 Å². The highest BCUT2D eigenvalue weighted by Gasteiger charge is 2.49. The zero-order valence-electron chi connectivity index (χ0n) is 27.6. The van der Waals surface area contributed by atoms with Gasteiger partial charge in [-0.2, -0.15) is 0 Å². The fourth-order valence-electron chi connectivity index (χ4n) is 5.70. The molecule has 0 aliphatic rings. The number of carbonyl (C=O) groups excluding carboxylic acids is 1. The standard InChI is InChI=1S/C36H59NO4Si/c1-30(37-34(39)41-35(2,3)4)33(38)28-22-14-12-10-8-9-11-13-15-23-29-40-42(36(5,6)7,31-24-18-16-19-25-31)32-26-20-17-21-27-32/h16-21,24-27,30,33,38H,8-15,22-23,28-29H2,1-7H3,(H,37,39)/t30-,33?/m0/s1. The summed E-state index contributed by atoms with van der Waals surface area (Å²) in [6, 6.07) is 21.5. The molecule has 0 heterocycles. The van der Waals surface area contributed by atoms with Crippen LogP contribution in [0.5, 0.6) is 0 Å². The molecule has 0 aliphatic heterocycles. The van der Waals surface area contributed by atoms with Crippen LogP contribution in [0, 0.1) is 0 Å². The summed E-state index contributed by atoms with van der Waals surface area (Å²) in [6.07, 6.45) is 11.7. The molecule has 2 N–H and O–H groups in total. The summed E-state index contributed by atoms with van der Waals surface area (Å²) in [6.45, 7) is 15.2. The summed E-state index contributed by atoms with van der Waals surface area (Å²) in [4.78, 5) is 11.9. The molecular weight excluding hydrogens is 538 g/mol. The number of amides is 1. The van der Waals surface area contributed by atoms with E-state index in [2.05, 4.69) is 86.8 Å². The normalized spacial score (nSPS) is 13.9. The third kappa shape index (κ3) is 12.2. The van der Waals surface area contributed by atoms with Gasteiger partial charge in [-0.05, 0) is 55.9 Å². The molecule has 236 valence electrons. The lowest BCUT2D eigenvalue weighted by atomic mass is 10.0. The molecular formula is C36H59NO4Si. The van der Waals surface area contributed by atoms with Gasteiger partial charge in [0.1, 0.15) is 5.60 Å². The first kappa shape index (κ1) is 36.0. The van der Waals surface area contributed by atoms with E-state index in [1.54, 1.807) is 0 Å². The average Bonchev–Trinajstić information content (AvgIpc) is 2.92. The maximum atomic E-state index is 11.9. The van der Waals surface area contributed by atoms with Crippen LogP contribution in [-0.2, 0) is 9.16 Å². The van der Waals surface area contributed by atoms with Crippen molar-refractivity contribution in [2.45, 2.75) is 142 Å². The minimum absolute atomic E-state index is 0.0308. The van der Waals surface area contributed by atoms with E-state index in [9.17, 15) is 9.90 Å². The van der Waals surface area contributed by atoms with Gasteiger partial charge in [0.25, 0.3) is 8.32 Å². The van der Waals surface area contributed by atoms with Crippen molar-refractivity contribution < 1.29 is 19.1 Å². The molecule has 2 atom stereocenters. The number of aliphatic hydroxyl groups is 1. The average molecular weight is 598 g/mol. The van der Waals surface area contributed by atoms with Crippen LogP contribution in [0.2, 0.25) is 5.04 Å². The molecule has 1 amide bonds. The van der Waals surface area contributed by atoms with Gasteiger partial charge < -0.3 is 19.6 Å². The molecule has 0 bridgehead atoms. The van der Waals surface area contributed by atoms with E-state index in [1.165, 1.54) is 55.3 Å². The van der Waals surface area contributed by atoms with Crippen LogP contribution in [0.3, 0.4) is 0 Å². The third-order valence-corrected chi connectivity index (χ3v) is 13.0. The van der Waals surface area contributed by atoms with Crippen molar-refractivity contribution in [2.75, 3.05) is 6.61 Å². The van der Waals surface area contributed by atoms with E-state index in [-0.39, 0.29) is 11.1 Å². The highest BCUT2D eigenvalue weighted by molar-refractivity contribution is 6.99. The number of unbranched alkanes of at least 4 members (excludes halogenated alkanes) is 9. The SMILES string of the molecule is C[C@H](NC(=O)OC(C)(C)C)C(O)CCCCCCCCCCCCO[Si](c1ccccc1)(c1ccccc1)C(C)(C)C. The molecule has 1 unspecified atom stereocenters. The predicted molar refractivity (Wildman–Crippen MR) is 179 cm³/mol. The molecule has 2 rings (SSSR count). The number of rotatable bonds is 18. The Morgan fingerprint density at radius 2 is 1.17 bits per heavy atom. The Kier molecular flexibility index (Phi) is 15.3.